The number of carbonyl (C=O) groups excluding carboxylic acids is 1. The van der Waals surface area contributed by atoms with Gasteiger partial charge in [0.05, 0.1) is 7.11 Å². The minimum absolute atomic E-state index is 0.0217. The number of benzene rings is 1. The summed E-state index contributed by atoms with van der Waals surface area (Å²) in [5, 5.41) is 3.19. The van der Waals surface area contributed by atoms with Gasteiger partial charge in [0, 0.05) is 19.6 Å². The first-order valence-corrected chi connectivity index (χ1v) is 8.33. The molecule has 0 aliphatic heterocycles. The Morgan fingerprint density at radius 1 is 1.23 bits per heavy atom. The number of urea groups is 1. The van der Waals surface area contributed by atoms with E-state index in [0.29, 0.717) is 12.6 Å². The first kappa shape index (κ1) is 16.7. The molecule has 0 saturated heterocycles. The third kappa shape index (κ3) is 5.24. The fraction of sp³-hybridized carbons (Fsp3) is 0.611. The van der Waals surface area contributed by atoms with Crippen LogP contribution in [0.25, 0.3) is 0 Å². The second kappa shape index (κ2) is 8.66. The van der Waals surface area contributed by atoms with Crippen molar-refractivity contribution in [2.24, 2.45) is 0 Å². The van der Waals surface area contributed by atoms with Crippen molar-refractivity contribution in [1.82, 2.24) is 10.2 Å². The number of carbonyl (C=O) groups is 1. The molecule has 122 valence electrons. The van der Waals surface area contributed by atoms with E-state index in [1.807, 2.05) is 31.3 Å². The number of nitrogens with one attached hydrogen (secondary N) is 1. The predicted molar refractivity (Wildman–Crippen MR) is 89.1 cm³/mol. The maximum absolute atomic E-state index is 12.4. The highest BCUT2D eigenvalue weighted by atomic mass is 16.5. The molecule has 0 atom stereocenters. The standard InChI is InChI=1S/C18H28N2O2/c1-20(14-15-9-8-12-17(13-15)22-2)18(21)19-16-10-6-4-3-5-7-11-16/h8-9,12-13,16H,3-7,10-11,14H2,1-2H3,(H,19,21). The van der Waals surface area contributed by atoms with Crippen LogP contribution in [0.15, 0.2) is 24.3 Å². The van der Waals surface area contributed by atoms with Crippen LogP contribution in [0.3, 0.4) is 0 Å². The van der Waals surface area contributed by atoms with Gasteiger partial charge in [-0.05, 0) is 30.5 Å². The zero-order valence-electron chi connectivity index (χ0n) is 13.8. The lowest BCUT2D eigenvalue weighted by Crippen LogP contribution is -2.43. The Morgan fingerprint density at radius 2 is 1.91 bits per heavy atom. The molecule has 4 heteroatoms. The molecule has 0 aromatic heterocycles. The number of hydrogen-bond acceptors (Lipinski definition) is 2. The summed E-state index contributed by atoms with van der Waals surface area (Å²) in [6, 6.07) is 8.21. The molecule has 0 unspecified atom stereocenters. The van der Waals surface area contributed by atoms with Crippen molar-refractivity contribution < 1.29 is 9.53 Å². The zero-order valence-corrected chi connectivity index (χ0v) is 13.8. The average molecular weight is 304 g/mol. The summed E-state index contributed by atoms with van der Waals surface area (Å²) in [5.74, 6) is 0.825. The van der Waals surface area contributed by atoms with Gasteiger partial charge in [-0.2, -0.15) is 0 Å². The van der Waals surface area contributed by atoms with Crippen LogP contribution in [-0.2, 0) is 6.54 Å². The Kier molecular flexibility index (Phi) is 6.56. The van der Waals surface area contributed by atoms with Crippen molar-refractivity contribution in [2.45, 2.75) is 57.5 Å². The first-order valence-electron chi connectivity index (χ1n) is 8.33. The van der Waals surface area contributed by atoms with Crippen LogP contribution in [-0.4, -0.2) is 31.1 Å². The molecule has 1 aliphatic carbocycles. The van der Waals surface area contributed by atoms with Crippen LogP contribution in [0.1, 0.15) is 50.5 Å². The van der Waals surface area contributed by atoms with E-state index >= 15 is 0 Å². The van der Waals surface area contributed by atoms with Crippen LogP contribution in [0.5, 0.6) is 5.75 Å². The Bertz CT molecular complexity index is 468. The summed E-state index contributed by atoms with van der Waals surface area (Å²) in [6.07, 6.45) is 8.61. The van der Waals surface area contributed by atoms with Crippen molar-refractivity contribution in [3.05, 3.63) is 29.8 Å². The van der Waals surface area contributed by atoms with E-state index in [1.165, 1.54) is 32.1 Å². The molecule has 0 spiro atoms. The highest BCUT2D eigenvalue weighted by Crippen LogP contribution is 2.18. The fourth-order valence-electron chi connectivity index (χ4n) is 3.00. The monoisotopic (exact) mass is 304 g/mol. The third-order valence-electron chi connectivity index (χ3n) is 4.33. The third-order valence-corrected chi connectivity index (χ3v) is 4.33. The van der Waals surface area contributed by atoms with Crippen molar-refractivity contribution in [1.29, 1.82) is 0 Å². The highest BCUT2D eigenvalue weighted by Gasteiger charge is 2.16. The lowest BCUT2D eigenvalue weighted by atomic mass is 9.97. The molecule has 4 nitrogen and oxygen atoms in total. The molecule has 2 rings (SSSR count). The number of rotatable bonds is 4. The Morgan fingerprint density at radius 3 is 2.59 bits per heavy atom. The molecule has 1 aromatic rings. The van der Waals surface area contributed by atoms with Gasteiger partial charge in [-0.3, -0.25) is 0 Å². The van der Waals surface area contributed by atoms with Crippen LogP contribution in [0, 0.1) is 0 Å². The molecule has 0 radical (unpaired) electrons. The molecule has 22 heavy (non-hydrogen) atoms. The summed E-state index contributed by atoms with van der Waals surface area (Å²) in [4.78, 5) is 14.1. The Balaban J connectivity index is 1.85. The zero-order chi connectivity index (χ0) is 15.8. The van der Waals surface area contributed by atoms with E-state index in [-0.39, 0.29) is 6.03 Å². The molecule has 1 N–H and O–H groups in total. The molecule has 0 bridgehead atoms. The van der Waals surface area contributed by atoms with E-state index in [9.17, 15) is 4.79 Å². The highest BCUT2D eigenvalue weighted by molar-refractivity contribution is 5.74. The molecule has 1 aromatic carbocycles. The van der Waals surface area contributed by atoms with Gasteiger partial charge in [0.2, 0.25) is 0 Å². The number of nitrogens with zero attached hydrogens (tertiary/aromatic N) is 1. The molecule has 1 fully saturated rings. The van der Waals surface area contributed by atoms with Crippen LogP contribution >= 0.6 is 0 Å². The van der Waals surface area contributed by atoms with E-state index in [2.05, 4.69) is 5.32 Å². The lowest BCUT2D eigenvalue weighted by Gasteiger charge is -2.25. The van der Waals surface area contributed by atoms with E-state index in [4.69, 9.17) is 4.74 Å². The summed E-state index contributed by atoms with van der Waals surface area (Å²) in [7, 11) is 3.50. The van der Waals surface area contributed by atoms with Crippen LogP contribution in [0.2, 0.25) is 0 Å². The average Bonchev–Trinajstić information content (AvgIpc) is 2.49. The van der Waals surface area contributed by atoms with Gasteiger partial charge >= 0.3 is 6.03 Å². The van der Waals surface area contributed by atoms with Gasteiger partial charge < -0.3 is 15.0 Å². The van der Waals surface area contributed by atoms with Crippen LogP contribution in [0.4, 0.5) is 4.79 Å². The molecule has 2 amide bonds. The number of amides is 2. The summed E-state index contributed by atoms with van der Waals surface area (Å²) < 4.78 is 5.23. The van der Waals surface area contributed by atoms with Crippen molar-refractivity contribution in [3.63, 3.8) is 0 Å². The molecule has 0 heterocycles. The summed E-state index contributed by atoms with van der Waals surface area (Å²) >= 11 is 0. The van der Waals surface area contributed by atoms with Gasteiger partial charge in [0.25, 0.3) is 0 Å². The van der Waals surface area contributed by atoms with Crippen molar-refractivity contribution in [3.8, 4) is 5.75 Å². The van der Waals surface area contributed by atoms with Gasteiger partial charge in [-0.25, -0.2) is 4.79 Å². The second-order valence-electron chi connectivity index (χ2n) is 6.20. The van der Waals surface area contributed by atoms with E-state index < -0.39 is 0 Å². The normalized spacial score (nSPS) is 16.5. The topological polar surface area (TPSA) is 41.6 Å². The predicted octanol–water partition coefficient (Wildman–Crippen LogP) is 3.95. The number of ether oxygens (including phenoxy) is 1. The van der Waals surface area contributed by atoms with Crippen LogP contribution < -0.4 is 10.1 Å². The van der Waals surface area contributed by atoms with Gasteiger partial charge in [-0.15, -0.1) is 0 Å². The quantitative estimate of drug-likeness (QED) is 0.915. The van der Waals surface area contributed by atoms with Gasteiger partial charge in [-0.1, -0.05) is 44.2 Å². The van der Waals surface area contributed by atoms with Gasteiger partial charge in [0.15, 0.2) is 0 Å². The van der Waals surface area contributed by atoms with E-state index in [1.54, 1.807) is 12.0 Å². The minimum Gasteiger partial charge on any atom is -0.497 e. The van der Waals surface area contributed by atoms with Crippen molar-refractivity contribution in [2.75, 3.05) is 14.2 Å². The maximum atomic E-state index is 12.4. The molecule has 1 saturated carbocycles. The van der Waals surface area contributed by atoms with E-state index in [0.717, 1.165) is 24.2 Å². The Hall–Kier alpha value is -1.71. The smallest absolute Gasteiger partial charge is 0.317 e. The SMILES string of the molecule is COc1cccc(CN(C)C(=O)NC2CCCCCCC2)c1. The molecule has 1 aliphatic rings. The maximum Gasteiger partial charge on any atom is 0.317 e. The number of methoxy groups -OCH3 is 1. The first-order chi connectivity index (χ1) is 10.7. The second-order valence-corrected chi connectivity index (χ2v) is 6.20. The Labute approximate surface area is 133 Å². The number of hydrogen-bond donors (Lipinski definition) is 1. The summed E-state index contributed by atoms with van der Waals surface area (Å²) in [6.45, 7) is 0.593. The largest absolute Gasteiger partial charge is 0.497 e. The molecular weight excluding hydrogens is 276 g/mol. The van der Waals surface area contributed by atoms with Gasteiger partial charge in [0.1, 0.15) is 5.75 Å². The van der Waals surface area contributed by atoms with Crippen molar-refractivity contribution >= 4 is 6.03 Å². The fourth-order valence-corrected chi connectivity index (χ4v) is 3.00. The molecular formula is C18H28N2O2. The lowest BCUT2D eigenvalue weighted by molar-refractivity contribution is 0.199. The summed E-state index contributed by atoms with van der Waals surface area (Å²) in [5.41, 5.74) is 1.08. The minimum atomic E-state index is 0.0217.